The Morgan fingerprint density at radius 1 is 1.23 bits per heavy atom. The highest BCUT2D eigenvalue weighted by Crippen LogP contribution is 2.25. The van der Waals surface area contributed by atoms with Gasteiger partial charge < -0.3 is 9.88 Å². The minimum Gasteiger partial charge on any atom is -0.347 e. The minimum atomic E-state index is -0.141. The van der Waals surface area contributed by atoms with Crippen LogP contribution in [0.4, 0.5) is 5.69 Å². The van der Waals surface area contributed by atoms with Crippen molar-refractivity contribution in [2.45, 2.75) is 20.4 Å². The maximum Gasteiger partial charge on any atom is 0.257 e. The van der Waals surface area contributed by atoms with Crippen molar-refractivity contribution in [2.75, 3.05) is 5.32 Å². The Labute approximate surface area is 129 Å². The fraction of sp³-hybridized carbons (Fsp3) is 0.222. The van der Waals surface area contributed by atoms with Crippen molar-refractivity contribution in [1.29, 1.82) is 0 Å². The van der Waals surface area contributed by atoms with E-state index in [-0.39, 0.29) is 5.91 Å². The molecule has 4 nitrogen and oxygen atoms in total. The zero-order valence-electron chi connectivity index (χ0n) is 12.8. The van der Waals surface area contributed by atoms with Gasteiger partial charge >= 0.3 is 0 Å². The molecule has 0 saturated heterocycles. The summed E-state index contributed by atoms with van der Waals surface area (Å²) in [6.45, 7) is 5.35. The summed E-state index contributed by atoms with van der Waals surface area (Å²) in [7, 11) is 0. The number of hydrogen-bond acceptors (Lipinski definition) is 2. The molecule has 3 rings (SSSR count). The second-order valence-electron chi connectivity index (χ2n) is 5.80. The molecule has 1 N–H and O–H groups in total. The number of benzene rings is 1. The van der Waals surface area contributed by atoms with Crippen LogP contribution in [0.5, 0.6) is 0 Å². The zero-order chi connectivity index (χ0) is 15.5. The summed E-state index contributed by atoms with van der Waals surface area (Å²) >= 11 is 0. The Bertz CT molecular complexity index is 790. The molecule has 2 heterocycles. The molecule has 1 aromatic carbocycles. The van der Waals surface area contributed by atoms with Crippen molar-refractivity contribution in [3.63, 3.8) is 0 Å². The summed E-state index contributed by atoms with van der Waals surface area (Å²) in [6, 6.07) is 11.5. The quantitative estimate of drug-likeness (QED) is 0.792. The molecule has 0 atom stereocenters. The van der Waals surface area contributed by atoms with Crippen LogP contribution in [0.1, 0.15) is 24.2 Å². The molecule has 22 heavy (non-hydrogen) atoms. The van der Waals surface area contributed by atoms with E-state index in [1.54, 1.807) is 24.5 Å². The second kappa shape index (κ2) is 6.02. The lowest BCUT2D eigenvalue weighted by Gasteiger charge is -2.10. The van der Waals surface area contributed by atoms with E-state index in [1.165, 1.54) is 0 Å². The van der Waals surface area contributed by atoms with Gasteiger partial charge in [-0.25, -0.2) is 0 Å². The predicted octanol–water partition coefficient (Wildman–Crippen LogP) is 3.94. The monoisotopic (exact) mass is 293 g/mol. The van der Waals surface area contributed by atoms with E-state index in [2.05, 4.69) is 47.0 Å². The van der Waals surface area contributed by atoms with Crippen LogP contribution in [0.2, 0.25) is 0 Å². The molecule has 0 saturated carbocycles. The third-order valence-electron chi connectivity index (χ3n) is 3.55. The summed E-state index contributed by atoms with van der Waals surface area (Å²) in [5, 5.41) is 4.03. The van der Waals surface area contributed by atoms with E-state index in [1.807, 2.05) is 12.1 Å². The van der Waals surface area contributed by atoms with Crippen molar-refractivity contribution in [3.05, 3.63) is 60.6 Å². The molecule has 0 aliphatic heterocycles. The highest BCUT2D eigenvalue weighted by molar-refractivity contribution is 6.08. The number of hydrogen-bond donors (Lipinski definition) is 1. The first-order valence-electron chi connectivity index (χ1n) is 7.44. The van der Waals surface area contributed by atoms with Crippen LogP contribution in [-0.2, 0) is 6.54 Å². The molecule has 0 bridgehead atoms. The van der Waals surface area contributed by atoms with Gasteiger partial charge in [0.2, 0.25) is 0 Å². The SMILES string of the molecule is CC(C)Cn1ccc2c(NC(=O)c3cccnc3)cccc21. The Morgan fingerprint density at radius 2 is 2.09 bits per heavy atom. The van der Waals surface area contributed by atoms with Crippen LogP contribution in [0.25, 0.3) is 10.9 Å². The number of carbonyl (C=O) groups excluding carboxylic acids is 1. The molecule has 0 radical (unpaired) electrons. The number of nitrogens with zero attached hydrogens (tertiary/aromatic N) is 2. The number of anilines is 1. The lowest BCUT2D eigenvalue weighted by atomic mass is 10.2. The molecule has 3 aromatic rings. The van der Waals surface area contributed by atoms with Crippen molar-refractivity contribution in [2.24, 2.45) is 5.92 Å². The fourth-order valence-electron chi connectivity index (χ4n) is 2.58. The molecular formula is C18H19N3O. The second-order valence-corrected chi connectivity index (χ2v) is 5.80. The molecule has 0 aliphatic rings. The van der Waals surface area contributed by atoms with Gasteiger partial charge in [-0.2, -0.15) is 0 Å². The third kappa shape index (κ3) is 2.86. The van der Waals surface area contributed by atoms with Crippen LogP contribution >= 0.6 is 0 Å². The van der Waals surface area contributed by atoms with Gasteiger partial charge in [-0.3, -0.25) is 9.78 Å². The van der Waals surface area contributed by atoms with Gasteiger partial charge in [0.1, 0.15) is 0 Å². The predicted molar refractivity (Wildman–Crippen MR) is 89.0 cm³/mol. The van der Waals surface area contributed by atoms with Gasteiger partial charge in [0.05, 0.1) is 16.8 Å². The molecular weight excluding hydrogens is 274 g/mol. The number of amides is 1. The lowest BCUT2D eigenvalue weighted by Crippen LogP contribution is -2.12. The fourth-order valence-corrected chi connectivity index (χ4v) is 2.58. The van der Waals surface area contributed by atoms with E-state index >= 15 is 0 Å². The first kappa shape index (κ1) is 14.3. The van der Waals surface area contributed by atoms with Gasteiger partial charge in [0.15, 0.2) is 0 Å². The van der Waals surface area contributed by atoms with Gasteiger partial charge in [-0.15, -0.1) is 0 Å². The first-order valence-corrected chi connectivity index (χ1v) is 7.44. The lowest BCUT2D eigenvalue weighted by molar-refractivity contribution is 0.102. The summed E-state index contributed by atoms with van der Waals surface area (Å²) in [5.41, 5.74) is 2.52. The molecule has 1 amide bonds. The van der Waals surface area contributed by atoms with E-state index in [0.29, 0.717) is 11.5 Å². The molecule has 2 aromatic heterocycles. The van der Waals surface area contributed by atoms with E-state index in [4.69, 9.17) is 0 Å². The standard InChI is InChI=1S/C18H19N3O/c1-13(2)12-21-10-8-15-16(6-3-7-17(15)21)20-18(22)14-5-4-9-19-11-14/h3-11,13H,12H2,1-2H3,(H,20,22). The Kier molecular flexibility index (Phi) is 3.92. The summed E-state index contributed by atoms with van der Waals surface area (Å²) in [5.74, 6) is 0.432. The molecule has 0 aliphatic carbocycles. The van der Waals surface area contributed by atoms with Gasteiger partial charge in [0, 0.05) is 30.5 Å². The van der Waals surface area contributed by atoms with Crippen molar-refractivity contribution < 1.29 is 4.79 Å². The number of aromatic nitrogens is 2. The molecule has 4 heteroatoms. The topological polar surface area (TPSA) is 46.9 Å². The van der Waals surface area contributed by atoms with Crippen LogP contribution < -0.4 is 5.32 Å². The molecule has 0 fully saturated rings. The minimum absolute atomic E-state index is 0.141. The van der Waals surface area contributed by atoms with Crippen LogP contribution in [0.3, 0.4) is 0 Å². The average Bonchev–Trinajstić information content (AvgIpc) is 2.92. The highest BCUT2D eigenvalue weighted by Gasteiger charge is 2.10. The van der Waals surface area contributed by atoms with Gasteiger partial charge in [0.25, 0.3) is 5.91 Å². The largest absolute Gasteiger partial charge is 0.347 e. The molecule has 112 valence electrons. The number of nitrogens with one attached hydrogen (secondary N) is 1. The van der Waals surface area contributed by atoms with Crippen molar-refractivity contribution in [3.8, 4) is 0 Å². The summed E-state index contributed by atoms with van der Waals surface area (Å²) in [4.78, 5) is 16.3. The van der Waals surface area contributed by atoms with E-state index < -0.39 is 0 Å². The van der Waals surface area contributed by atoms with Gasteiger partial charge in [-0.05, 0) is 36.2 Å². The van der Waals surface area contributed by atoms with E-state index in [9.17, 15) is 4.79 Å². The average molecular weight is 293 g/mol. The van der Waals surface area contributed by atoms with Crippen LogP contribution in [0.15, 0.2) is 55.0 Å². The van der Waals surface area contributed by atoms with Crippen molar-refractivity contribution >= 4 is 22.5 Å². The maximum absolute atomic E-state index is 12.3. The number of carbonyl (C=O) groups is 1. The summed E-state index contributed by atoms with van der Waals surface area (Å²) in [6.07, 6.45) is 5.30. The number of rotatable bonds is 4. The van der Waals surface area contributed by atoms with E-state index in [0.717, 1.165) is 23.1 Å². The van der Waals surface area contributed by atoms with Crippen LogP contribution in [-0.4, -0.2) is 15.5 Å². The highest BCUT2D eigenvalue weighted by atomic mass is 16.1. The number of fused-ring (bicyclic) bond motifs is 1. The third-order valence-corrected chi connectivity index (χ3v) is 3.55. The smallest absolute Gasteiger partial charge is 0.257 e. The van der Waals surface area contributed by atoms with Crippen molar-refractivity contribution in [1.82, 2.24) is 9.55 Å². The Hall–Kier alpha value is -2.62. The molecule has 0 spiro atoms. The molecule has 0 unspecified atom stereocenters. The normalized spacial score (nSPS) is 11.0. The Morgan fingerprint density at radius 3 is 2.82 bits per heavy atom. The zero-order valence-corrected chi connectivity index (χ0v) is 12.8. The van der Waals surface area contributed by atoms with Crippen LogP contribution in [0, 0.1) is 5.92 Å². The first-order chi connectivity index (χ1) is 10.6. The summed E-state index contributed by atoms with van der Waals surface area (Å²) < 4.78 is 2.22. The number of pyridine rings is 1. The Balaban J connectivity index is 1.91. The maximum atomic E-state index is 12.3. The van der Waals surface area contributed by atoms with Gasteiger partial charge in [-0.1, -0.05) is 19.9 Å².